The highest BCUT2D eigenvalue weighted by atomic mass is 15.4. The molecule has 7 nitrogen and oxygen atoms in total. The molecule has 3 rings (SSSR count). The smallest absolute Gasteiger partial charge is 0.245 e. The Hall–Kier alpha value is -2.02. The van der Waals surface area contributed by atoms with E-state index in [0.717, 1.165) is 37.0 Å². The first-order valence-electron chi connectivity index (χ1n) is 6.96. The maximum Gasteiger partial charge on any atom is 0.245 e. The van der Waals surface area contributed by atoms with E-state index in [0.29, 0.717) is 5.92 Å². The van der Waals surface area contributed by atoms with Gasteiger partial charge in [-0.05, 0) is 38.4 Å². The lowest BCUT2D eigenvalue weighted by Crippen LogP contribution is -2.39. The second-order valence-corrected chi connectivity index (χ2v) is 5.13. The fourth-order valence-electron chi connectivity index (χ4n) is 2.66. The van der Waals surface area contributed by atoms with Gasteiger partial charge in [-0.25, -0.2) is 0 Å². The Labute approximate surface area is 117 Å². The molecular weight excluding hydrogens is 254 g/mol. The number of rotatable bonds is 4. The van der Waals surface area contributed by atoms with E-state index in [2.05, 4.69) is 35.6 Å². The van der Waals surface area contributed by atoms with E-state index in [4.69, 9.17) is 0 Å². The van der Waals surface area contributed by atoms with Crippen molar-refractivity contribution in [3.8, 4) is 11.4 Å². The second kappa shape index (κ2) is 5.96. The Bertz CT molecular complexity index is 537. The molecule has 0 bridgehead atoms. The van der Waals surface area contributed by atoms with E-state index in [1.54, 1.807) is 12.4 Å². The van der Waals surface area contributed by atoms with Gasteiger partial charge < -0.3 is 10.2 Å². The zero-order chi connectivity index (χ0) is 13.8. The van der Waals surface area contributed by atoms with Crippen molar-refractivity contribution in [2.75, 3.05) is 31.6 Å². The van der Waals surface area contributed by atoms with Crippen molar-refractivity contribution in [2.45, 2.75) is 12.8 Å². The van der Waals surface area contributed by atoms with E-state index >= 15 is 0 Å². The summed E-state index contributed by atoms with van der Waals surface area (Å²) in [7, 11) is 2.00. The Balaban J connectivity index is 1.73. The van der Waals surface area contributed by atoms with Gasteiger partial charge in [0.25, 0.3) is 0 Å². The third-order valence-electron chi connectivity index (χ3n) is 3.63. The van der Waals surface area contributed by atoms with Gasteiger partial charge in [0.05, 0.1) is 12.4 Å². The fourth-order valence-corrected chi connectivity index (χ4v) is 2.66. The zero-order valence-corrected chi connectivity index (χ0v) is 11.6. The van der Waals surface area contributed by atoms with Crippen LogP contribution in [0.2, 0.25) is 0 Å². The number of aromatic amines is 1. The number of nitrogens with one attached hydrogen (secondary N) is 2. The van der Waals surface area contributed by atoms with Crippen molar-refractivity contribution < 1.29 is 0 Å². The minimum absolute atomic E-state index is 0.665. The quantitative estimate of drug-likeness (QED) is 0.853. The minimum atomic E-state index is 0.665. The first kappa shape index (κ1) is 13.0. The topological polar surface area (TPSA) is 82.6 Å². The number of hydrogen-bond acceptors (Lipinski definition) is 6. The molecule has 1 saturated heterocycles. The Morgan fingerprint density at radius 3 is 3.20 bits per heavy atom. The molecule has 106 valence electrons. The van der Waals surface area contributed by atoms with Gasteiger partial charge in [0.15, 0.2) is 5.82 Å². The minimum Gasteiger partial charge on any atom is -0.339 e. The van der Waals surface area contributed by atoms with E-state index in [1.165, 1.54) is 12.8 Å². The molecule has 1 aliphatic rings. The molecule has 2 N–H and O–H groups in total. The van der Waals surface area contributed by atoms with Crippen LogP contribution in [0, 0.1) is 5.92 Å². The van der Waals surface area contributed by atoms with Gasteiger partial charge in [0.2, 0.25) is 5.95 Å². The van der Waals surface area contributed by atoms with Crippen molar-refractivity contribution in [3.05, 3.63) is 18.5 Å². The molecule has 0 aromatic carbocycles. The molecule has 0 radical (unpaired) electrons. The summed E-state index contributed by atoms with van der Waals surface area (Å²) in [5.41, 5.74) is 0.905. The Morgan fingerprint density at radius 2 is 2.40 bits per heavy atom. The molecule has 2 aromatic rings. The van der Waals surface area contributed by atoms with Crippen LogP contribution in [-0.2, 0) is 0 Å². The maximum absolute atomic E-state index is 4.57. The molecule has 0 amide bonds. The van der Waals surface area contributed by atoms with Crippen molar-refractivity contribution in [3.63, 3.8) is 0 Å². The first-order valence-corrected chi connectivity index (χ1v) is 6.96. The molecule has 0 spiro atoms. The summed E-state index contributed by atoms with van der Waals surface area (Å²) in [6.45, 7) is 3.07. The van der Waals surface area contributed by atoms with Crippen LogP contribution in [0.4, 0.5) is 5.95 Å². The largest absolute Gasteiger partial charge is 0.339 e. The molecule has 0 saturated carbocycles. The standard InChI is InChI=1S/C13H19N7/c1-14-7-10-3-2-6-20(9-10)13-17-12(18-19-13)11-4-5-15-16-8-11/h4-5,8,10,14H,2-3,6-7,9H2,1H3,(H,17,18,19). The number of H-pyrrole nitrogens is 1. The highest BCUT2D eigenvalue weighted by Crippen LogP contribution is 2.22. The molecule has 20 heavy (non-hydrogen) atoms. The van der Waals surface area contributed by atoms with Gasteiger partial charge >= 0.3 is 0 Å². The summed E-state index contributed by atoms with van der Waals surface area (Å²) in [5, 5.41) is 18.2. The van der Waals surface area contributed by atoms with Gasteiger partial charge in [0.1, 0.15) is 0 Å². The monoisotopic (exact) mass is 273 g/mol. The molecule has 1 atom stereocenters. The van der Waals surface area contributed by atoms with Crippen LogP contribution in [-0.4, -0.2) is 52.1 Å². The van der Waals surface area contributed by atoms with Crippen molar-refractivity contribution >= 4 is 5.95 Å². The fraction of sp³-hybridized carbons (Fsp3) is 0.538. The third kappa shape index (κ3) is 2.77. The molecule has 7 heteroatoms. The lowest BCUT2D eigenvalue weighted by Gasteiger charge is -2.31. The second-order valence-electron chi connectivity index (χ2n) is 5.13. The van der Waals surface area contributed by atoms with E-state index in [-0.39, 0.29) is 0 Å². The summed E-state index contributed by atoms with van der Waals surface area (Å²) in [5.74, 6) is 2.18. The summed E-state index contributed by atoms with van der Waals surface area (Å²) in [6.07, 6.45) is 5.79. The first-order chi connectivity index (χ1) is 9.86. The van der Waals surface area contributed by atoms with Crippen LogP contribution in [0.3, 0.4) is 0 Å². The van der Waals surface area contributed by atoms with Crippen molar-refractivity contribution in [2.24, 2.45) is 5.92 Å². The van der Waals surface area contributed by atoms with Crippen LogP contribution in [0.1, 0.15) is 12.8 Å². The summed E-state index contributed by atoms with van der Waals surface area (Å²) >= 11 is 0. The predicted octanol–water partition coefficient (Wildman–Crippen LogP) is 0.697. The van der Waals surface area contributed by atoms with Gasteiger partial charge in [-0.3, -0.25) is 5.10 Å². The average Bonchev–Trinajstić information content (AvgIpc) is 2.99. The number of piperidine rings is 1. The Kier molecular flexibility index (Phi) is 3.87. The highest BCUT2D eigenvalue weighted by Gasteiger charge is 2.22. The van der Waals surface area contributed by atoms with E-state index in [1.807, 2.05) is 13.1 Å². The number of aromatic nitrogens is 5. The summed E-state index contributed by atoms with van der Waals surface area (Å²) < 4.78 is 0. The molecule has 2 aromatic heterocycles. The third-order valence-corrected chi connectivity index (χ3v) is 3.63. The Morgan fingerprint density at radius 1 is 1.45 bits per heavy atom. The molecular formula is C13H19N7. The van der Waals surface area contributed by atoms with Gasteiger partial charge in [-0.1, -0.05) is 0 Å². The lowest BCUT2D eigenvalue weighted by molar-refractivity contribution is 0.399. The van der Waals surface area contributed by atoms with Crippen LogP contribution in [0.5, 0.6) is 0 Å². The van der Waals surface area contributed by atoms with Crippen LogP contribution >= 0.6 is 0 Å². The van der Waals surface area contributed by atoms with Crippen LogP contribution in [0.25, 0.3) is 11.4 Å². The van der Waals surface area contributed by atoms with Crippen molar-refractivity contribution in [1.29, 1.82) is 0 Å². The zero-order valence-electron chi connectivity index (χ0n) is 11.6. The molecule has 3 heterocycles. The van der Waals surface area contributed by atoms with Gasteiger partial charge in [-0.2, -0.15) is 15.2 Å². The maximum atomic E-state index is 4.57. The molecule has 1 aliphatic heterocycles. The lowest BCUT2D eigenvalue weighted by atomic mass is 9.98. The van der Waals surface area contributed by atoms with E-state index in [9.17, 15) is 0 Å². The average molecular weight is 273 g/mol. The van der Waals surface area contributed by atoms with Crippen LogP contribution < -0.4 is 10.2 Å². The van der Waals surface area contributed by atoms with E-state index < -0.39 is 0 Å². The van der Waals surface area contributed by atoms with Crippen molar-refractivity contribution in [1.82, 2.24) is 30.7 Å². The highest BCUT2D eigenvalue weighted by molar-refractivity contribution is 5.54. The SMILES string of the molecule is CNCC1CCCN(c2n[nH]c(-c3ccnnc3)n2)C1. The predicted molar refractivity (Wildman–Crippen MR) is 76.3 cm³/mol. The molecule has 0 aliphatic carbocycles. The summed E-state index contributed by atoms with van der Waals surface area (Å²) in [6, 6.07) is 1.87. The normalized spacial score (nSPS) is 19.2. The number of hydrogen-bond donors (Lipinski definition) is 2. The van der Waals surface area contributed by atoms with Gasteiger partial charge in [-0.15, -0.1) is 5.10 Å². The van der Waals surface area contributed by atoms with Gasteiger partial charge in [0, 0.05) is 18.7 Å². The number of nitrogens with zero attached hydrogens (tertiary/aromatic N) is 5. The van der Waals surface area contributed by atoms with Crippen LogP contribution in [0.15, 0.2) is 18.5 Å². The summed E-state index contributed by atoms with van der Waals surface area (Å²) in [4.78, 5) is 6.82. The number of anilines is 1. The molecule has 1 fully saturated rings. The molecule has 1 unspecified atom stereocenters.